The lowest BCUT2D eigenvalue weighted by molar-refractivity contribution is -0.137. The Bertz CT molecular complexity index is 1830. The maximum Gasteiger partial charge on any atom is 0.416 e. The zero-order chi connectivity index (χ0) is 31.5. The molecule has 0 radical (unpaired) electrons. The minimum Gasteiger partial charge on any atom is -0.493 e. The third-order valence-corrected chi connectivity index (χ3v) is 8.44. The highest BCUT2D eigenvalue weighted by Gasteiger charge is 2.40. The molecule has 226 valence electrons. The zero-order valence-electron chi connectivity index (χ0n) is 22.1. The van der Waals surface area contributed by atoms with Crippen molar-refractivity contribution in [1.82, 2.24) is 4.98 Å². The monoisotopic (exact) mass is 629 g/mol. The van der Waals surface area contributed by atoms with Crippen LogP contribution in [0.1, 0.15) is 35.7 Å². The molecule has 5 nitrogen and oxygen atoms in total. The smallest absolute Gasteiger partial charge is 0.416 e. The molecule has 0 bridgehead atoms. The first-order valence-electron chi connectivity index (χ1n) is 12.4. The van der Waals surface area contributed by atoms with Crippen LogP contribution in [0.25, 0.3) is 11.1 Å². The molecule has 0 amide bonds. The van der Waals surface area contributed by atoms with Crippen LogP contribution in [-0.4, -0.2) is 20.0 Å². The Balaban J connectivity index is 1.60. The van der Waals surface area contributed by atoms with E-state index in [-0.39, 0.29) is 24.3 Å². The van der Waals surface area contributed by atoms with E-state index >= 15 is 0 Å². The Morgan fingerprint density at radius 3 is 2.09 bits per heavy atom. The van der Waals surface area contributed by atoms with Gasteiger partial charge in [0.2, 0.25) is 34.8 Å². The second kappa shape index (κ2) is 10.5. The van der Waals surface area contributed by atoms with Crippen molar-refractivity contribution < 1.29 is 52.5 Å². The minimum absolute atomic E-state index is 0.0158. The Hall–Kier alpha value is -4.20. The van der Waals surface area contributed by atoms with Crippen molar-refractivity contribution >= 4 is 10.1 Å². The van der Waals surface area contributed by atoms with Gasteiger partial charge in [-0.3, -0.25) is 4.98 Å². The van der Waals surface area contributed by atoms with Gasteiger partial charge in [-0.2, -0.15) is 30.4 Å². The molecule has 1 atom stereocenters. The number of aromatic nitrogens is 1. The van der Waals surface area contributed by atoms with E-state index in [0.29, 0.717) is 22.4 Å². The summed E-state index contributed by atoms with van der Waals surface area (Å²) in [6.45, 7) is 3.42. The molecule has 0 unspecified atom stereocenters. The molecule has 0 saturated heterocycles. The van der Waals surface area contributed by atoms with E-state index in [1.165, 1.54) is 18.3 Å². The van der Waals surface area contributed by atoms with Crippen molar-refractivity contribution in [2.45, 2.75) is 36.8 Å². The van der Waals surface area contributed by atoms with E-state index < -0.39 is 67.0 Å². The summed E-state index contributed by atoms with van der Waals surface area (Å²) >= 11 is 0. The first-order valence-corrected chi connectivity index (χ1v) is 13.8. The fourth-order valence-corrected chi connectivity index (χ4v) is 5.84. The molecule has 0 spiro atoms. The SMILES string of the molecule is Cc1ccc(-c2cc(C(F)(F)F)ccc2[C@]2(C)CCOc3cc(S(=O)(=O)Oc4c(F)c(F)c(F)c(F)c4F)ccc32)cn1. The average molecular weight is 630 g/mol. The molecule has 1 aromatic heterocycles. The molecule has 0 aliphatic carbocycles. The molecule has 2 heterocycles. The largest absolute Gasteiger partial charge is 0.493 e. The van der Waals surface area contributed by atoms with Crippen LogP contribution < -0.4 is 8.92 Å². The van der Waals surface area contributed by atoms with Crippen LogP contribution in [0.5, 0.6) is 11.5 Å². The van der Waals surface area contributed by atoms with Gasteiger partial charge >= 0.3 is 16.3 Å². The van der Waals surface area contributed by atoms with Crippen molar-refractivity contribution in [3.05, 3.63) is 106 Å². The third-order valence-electron chi connectivity index (χ3n) is 7.22. The van der Waals surface area contributed by atoms with Gasteiger partial charge in [0.15, 0.2) is 0 Å². The fraction of sp³-hybridized carbons (Fsp3) is 0.207. The van der Waals surface area contributed by atoms with Crippen LogP contribution in [0, 0.1) is 36.0 Å². The summed E-state index contributed by atoms with van der Waals surface area (Å²) in [6, 6.07) is 9.69. The molecule has 0 N–H and O–H groups in total. The minimum atomic E-state index is -5.17. The van der Waals surface area contributed by atoms with Crippen molar-refractivity contribution in [3.8, 4) is 22.6 Å². The summed E-state index contributed by atoms with van der Waals surface area (Å²) in [5.41, 5.74) is 0.137. The van der Waals surface area contributed by atoms with Crippen molar-refractivity contribution in [1.29, 1.82) is 0 Å². The first kappa shape index (κ1) is 30.3. The summed E-state index contributed by atoms with van der Waals surface area (Å²) in [4.78, 5) is 3.45. The number of fused-ring (bicyclic) bond motifs is 1. The molecule has 4 aromatic rings. The molecule has 1 aliphatic rings. The standard InChI is InChI=1S/C29H19F8NO4S/c1-14-3-4-15(13-38-14)18-11-16(29(35,36)37)5-7-19(18)28(2)9-10-41-21-12-17(6-8-20(21)28)43(39,40)42-27-25(33)23(31)22(30)24(32)26(27)34/h3-8,11-13H,9-10H2,1-2H3/t28-/m0/s1. The highest BCUT2D eigenvalue weighted by molar-refractivity contribution is 7.87. The van der Waals surface area contributed by atoms with E-state index in [4.69, 9.17) is 4.74 Å². The van der Waals surface area contributed by atoms with Gasteiger partial charge in [0, 0.05) is 34.5 Å². The summed E-state index contributed by atoms with van der Waals surface area (Å²) in [5.74, 6) is -14.3. The van der Waals surface area contributed by atoms with Gasteiger partial charge in [-0.25, -0.2) is 13.2 Å². The van der Waals surface area contributed by atoms with Crippen LogP contribution in [0.3, 0.4) is 0 Å². The molecule has 1 aliphatic heterocycles. The quantitative estimate of drug-likeness (QED) is 0.0984. The molecule has 0 saturated carbocycles. The van der Waals surface area contributed by atoms with Gasteiger partial charge in [0.1, 0.15) is 10.6 Å². The predicted molar refractivity (Wildman–Crippen MR) is 136 cm³/mol. The molecule has 5 rings (SSSR count). The Labute approximate surface area is 239 Å². The van der Waals surface area contributed by atoms with Crippen molar-refractivity contribution in [2.24, 2.45) is 0 Å². The van der Waals surface area contributed by atoms with Gasteiger partial charge < -0.3 is 8.92 Å². The maximum atomic E-state index is 14.1. The molecule has 3 aromatic carbocycles. The topological polar surface area (TPSA) is 65.5 Å². The van der Waals surface area contributed by atoms with Crippen LogP contribution in [0.15, 0.2) is 59.6 Å². The highest BCUT2D eigenvalue weighted by Crippen LogP contribution is 2.48. The zero-order valence-corrected chi connectivity index (χ0v) is 22.9. The number of ether oxygens (including phenoxy) is 1. The summed E-state index contributed by atoms with van der Waals surface area (Å²) in [6.07, 6.45) is -2.95. The van der Waals surface area contributed by atoms with Crippen LogP contribution in [0.2, 0.25) is 0 Å². The number of alkyl halides is 3. The number of pyridine rings is 1. The molecular formula is C29H19F8NO4S. The molecule has 0 fully saturated rings. The Morgan fingerprint density at radius 1 is 0.860 bits per heavy atom. The number of hydrogen-bond donors (Lipinski definition) is 0. The number of aryl methyl sites for hydroxylation is 1. The number of benzene rings is 3. The second-order valence-electron chi connectivity index (χ2n) is 9.97. The number of hydrogen-bond acceptors (Lipinski definition) is 5. The van der Waals surface area contributed by atoms with Crippen LogP contribution in [0.4, 0.5) is 35.1 Å². The summed E-state index contributed by atoms with van der Waals surface area (Å²) < 4.78 is 145. The number of halogens is 8. The maximum absolute atomic E-state index is 14.1. The normalized spacial score (nSPS) is 16.9. The molecule has 14 heteroatoms. The van der Waals surface area contributed by atoms with Gasteiger partial charge in [-0.15, -0.1) is 0 Å². The summed E-state index contributed by atoms with van der Waals surface area (Å²) in [5, 5.41) is 0. The van der Waals surface area contributed by atoms with Gasteiger partial charge in [0.25, 0.3) is 0 Å². The number of rotatable bonds is 5. The van der Waals surface area contributed by atoms with Gasteiger partial charge in [-0.05, 0) is 48.7 Å². The lowest BCUT2D eigenvalue weighted by Gasteiger charge is -2.38. The highest BCUT2D eigenvalue weighted by atomic mass is 32.2. The van der Waals surface area contributed by atoms with Crippen LogP contribution >= 0.6 is 0 Å². The summed E-state index contributed by atoms with van der Waals surface area (Å²) in [7, 11) is -5.17. The van der Waals surface area contributed by atoms with E-state index in [2.05, 4.69) is 9.17 Å². The van der Waals surface area contributed by atoms with Crippen molar-refractivity contribution in [2.75, 3.05) is 6.61 Å². The lowest BCUT2D eigenvalue weighted by atomic mass is 9.70. The third kappa shape index (κ3) is 5.28. The Kier molecular flexibility index (Phi) is 7.39. The lowest BCUT2D eigenvalue weighted by Crippen LogP contribution is -2.32. The number of nitrogens with zero attached hydrogens (tertiary/aromatic N) is 1. The van der Waals surface area contributed by atoms with E-state index in [9.17, 15) is 43.5 Å². The van der Waals surface area contributed by atoms with Crippen molar-refractivity contribution in [3.63, 3.8) is 0 Å². The first-order chi connectivity index (χ1) is 20.0. The Morgan fingerprint density at radius 2 is 1.49 bits per heavy atom. The van der Waals surface area contributed by atoms with Crippen LogP contribution in [-0.2, 0) is 21.7 Å². The molecule has 43 heavy (non-hydrogen) atoms. The van der Waals surface area contributed by atoms with E-state index in [1.807, 2.05) is 0 Å². The predicted octanol–water partition coefficient (Wildman–Crippen LogP) is 7.63. The fourth-order valence-electron chi connectivity index (χ4n) is 4.90. The second-order valence-corrected chi connectivity index (χ2v) is 11.5. The van der Waals surface area contributed by atoms with Gasteiger partial charge in [0.05, 0.1) is 12.2 Å². The van der Waals surface area contributed by atoms with Gasteiger partial charge in [-0.1, -0.05) is 25.1 Å². The molecular weight excluding hydrogens is 610 g/mol. The van der Waals surface area contributed by atoms with E-state index in [1.54, 1.807) is 26.0 Å². The van der Waals surface area contributed by atoms with E-state index in [0.717, 1.165) is 24.3 Å². The average Bonchev–Trinajstić information content (AvgIpc) is 2.97.